The molecule has 7 nitrogen and oxygen atoms in total. The number of hydrogen-bond donors (Lipinski definition) is 2. The van der Waals surface area contributed by atoms with Crippen molar-refractivity contribution in [1.29, 1.82) is 0 Å². The van der Waals surface area contributed by atoms with Gasteiger partial charge in [0.1, 0.15) is 0 Å². The highest BCUT2D eigenvalue weighted by Crippen LogP contribution is 2.14. The Morgan fingerprint density at radius 3 is 2.43 bits per heavy atom. The van der Waals surface area contributed by atoms with Crippen molar-refractivity contribution in [2.45, 2.75) is 46.6 Å². The number of aromatic nitrogens is 2. The molecule has 1 aromatic heterocycles. The van der Waals surface area contributed by atoms with Crippen molar-refractivity contribution in [3.05, 3.63) is 27.4 Å². The molecule has 0 saturated carbocycles. The monoisotopic (exact) mass is 295 g/mol. The van der Waals surface area contributed by atoms with Crippen LogP contribution in [0.15, 0.2) is 4.79 Å². The number of hydrogen-bond acceptors (Lipinski definition) is 4. The molecule has 0 spiro atoms. The van der Waals surface area contributed by atoms with E-state index in [2.05, 4.69) is 10.3 Å². The molecule has 2 N–H and O–H groups in total. The van der Waals surface area contributed by atoms with Crippen LogP contribution in [0.4, 0.5) is 0 Å². The van der Waals surface area contributed by atoms with Gasteiger partial charge in [-0.3, -0.25) is 14.2 Å². The van der Waals surface area contributed by atoms with Gasteiger partial charge in [-0.1, -0.05) is 13.8 Å². The molecule has 0 bridgehead atoms. The molecule has 0 saturated heterocycles. The fraction of sp³-hybridized carbons (Fsp3) is 0.571. The average Bonchev–Trinajstić information content (AvgIpc) is 2.40. The predicted molar refractivity (Wildman–Crippen MR) is 77.3 cm³/mol. The van der Waals surface area contributed by atoms with Crippen LogP contribution < -0.4 is 11.0 Å². The molecule has 1 rings (SSSR count). The second kappa shape index (κ2) is 7.56. The summed E-state index contributed by atoms with van der Waals surface area (Å²) in [5.41, 5.74) is 1.42. The maximum Gasteiger partial charge on any atom is 0.348 e. The zero-order valence-electron chi connectivity index (χ0n) is 12.6. The Balaban J connectivity index is 3.25. The summed E-state index contributed by atoms with van der Waals surface area (Å²) < 4.78 is 1.45. The quantitative estimate of drug-likeness (QED) is 0.744. The van der Waals surface area contributed by atoms with Crippen LogP contribution in [0.25, 0.3) is 0 Å². The Morgan fingerprint density at radius 2 is 1.95 bits per heavy atom. The maximum absolute atomic E-state index is 12.1. The van der Waals surface area contributed by atoms with E-state index < -0.39 is 11.7 Å². The summed E-state index contributed by atoms with van der Waals surface area (Å²) in [7, 11) is 0. The predicted octanol–water partition coefficient (Wildman–Crippen LogP) is 0.131. The molecular weight excluding hydrogens is 274 g/mol. The van der Waals surface area contributed by atoms with Crippen LogP contribution in [-0.2, 0) is 35.4 Å². The molecule has 7 heteroatoms. The van der Waals surface area contributed by atoms with Crippen LogP contribution in [0.1, 0.15) is 37.7 Å². The number of carbonyl (C=O) groups is 2. The number of carboxylic acid groups (broad SMARTS) is 1. The third-order valence-electron chi connectivity index (χ3n) is 3.19. The summed E-state index contributed by atoms with van der Waals surface area (Å²) in [4.78, 5) is 38.0. The highest BCUT2D eigenvalue weighted by atomic mass is 16.4. The lowest BCUT2D eigenvalue weighted by Crippen LogP contribution is -2.34. The Labute approximate surface area is 123 Å². The van der Waals surface area contributed by atoms with Gasteiger partial charge in [0.25, 0.3) is 0 Å². The summed E-state index contributed by atoms with van der Waals surface area (Å²) in [5, 5.41) is 11.7. The first-order valence-corrected chi connectivity index (χ1v) is 6.98. The van der Waals surface area contributed by atoms with Gasteiger partial charge in [0.15, 0.2) is 0 Å². The minimum atomic E-state index is -0.951. The number of carbonyl (C=O) groups excluding carboxylic acids is 1. The van der Waals surface area contributed by atoms with Gasteiger partial charge < -0.3 is 10.4 Å². The molecule has 1 amide bonds. The van der Waals surface area contributed by atoms with Crippen molar-refractivity contribution in [2.24, 2.45) is 0 Å². The molecule has 1 heterocycles. The highest BCUT2D eigenvalue weighted by molar-refractivity contribution is 5.72. The first kappa shape index (κ1) is 16.9. The molecular formula is C14H21N3O4. The molecule has 0 aliphatic heterocycles. The highest BCUT2D eigenvalue weighted by Gasteiger charge is 2.17. The van der Waals surface area contributed by atoms with Gasteiger partial charge in [0.05, 0.1) is 12.1 Å². The van der Waals surface area contributed by atoms with Gasteiger partial charge in [-0.05, 0) is 12.8 Å². The van der Waals surface area contributed by atoms with Crippen LogP contribution in [0.3, 0.4) is 0 Å². The molecule has 0 fully saturated rings. The Hall–Kier alpha value is -2.18. The lowest BCUT2D eigenvalue weighted by Gasteiger charge is -2.17. The number of aryl methyl sites for hydroxylation is 1. The van der Waals surface area contributed by atoms with Crippen LogP contribution >= 0.6 is 0 Å². The van der Waals surface area contributed by atoms with Crippen LogP contribution in [-0.4, -0.2) is 33.1 Å². The van der Waals surface area contributed by atoms with E-state index in [1.807, 2.05) is 13.8 Å². The largest absolute Gasteiger partial charge is 0.481 e. The van der Waals surface area contributed by atoms with E-state index in [4.69, 9.17) is 5.11 Å². The van der Waals surface area contributed by atoms with Crippen molar-refractivity contribution >= 4 is 11.9 Å². The van der Waals surface area contributed by atoms with Crippen LogP contribution in [0, 0.1) is 0 Å². The number of amides is 1. The van der Waals surface area contributed by atoms with E-state index in [-0.39, 0.29) is 18.9 Å². The topological polar surface area (TPSA) is 101 Å². The normalized spacial score (nSPS) is 10.4. The molecule has 1 aromatic rings. The fourth-order valence-corrected chi connectivity index (χ4v) is 2.31. The Morgan fingerprint density at radius 1 is 1.29 bits per heavy atom. The van der Waals surface area contributed by atoms with E-state index >= 15 is 0 Å². The van der Waals surface area contributed by atoms with Crippen LogP contribution in [0.2, 0.25) is 0 Å². The second-order valence-electron chi connectivity index (χ2n) is 4.68. The van der Waals surface area contributed by atoms with Crippen molar-refractivity contribution in [2.75, 3.05) is 6.54 Å². The Bertz CT molecular complexity index is 593. The van der Waals surface area contributed by atoms with Gasteiger partial charge in [-0.2, -0.15) is 4.98 Å². The number of rotatable bonds is 7. The fourth-order valence-electron chi connectivity index (χ4n) is 2.31. The third-order valence-corrected chi connectivity index (χ3v) is 3.19. The van der Waals surface area contributed by atoms with Crippen LogP contribution in [0.5, 0.6) is 0 Å². The third kappa shape index (κ3) is 4.40. The molecule has 0 aromatic carbocycles. The first-order valence-electron chi connectivity index (χ1n) is 6.98. The first-order chi connectivity index (χ1) is 9.90. The van der Waals surface area contributed by atoms with E-state index in [9.17, 15) is 14.4 Å². The summed E-state index contributed by atoms with van der Waals surface area (Å²) in [6.45, 7) is 5.70. The second-order valence-corrected chi connectivity index (χ2v) is 4.68. The number of nitrogens with zero attached hydrogens (tertiary/aromatic N) is 2. The van der Waals surface area contributed by atoms with Gasteiger partial charge in [0.2, 0.25) is 5.91 Å². The zero-order valence-corrected chi connectivity index (χ0v) is 12.6. The van der Waals surface area contributed by atoms with Crippen molar-refractivity contribution < 1.29 is 14.7 Å². The minimum Gasteiger partial charge on any atom is -0.481 e. The van der Waals surface area contributed by atoms with E-state index in [0.717, 1.165) is 0 Å². The maximum atomic E-state index is 12.1. The zero-order chi connectivity index (χ0) is 16.0. The van der Waals surface area contributed by atoms with E-state index in [1.54, 1.807) is 0 Å². The standard InChI is InChI=1S/C14H21N3O4/c1-4-11-10(8-13(19)20)12(5-2)17(14(21)16-11)7-6-15-9(3)18/h4-8H2,1-3H3,(H,15,18)(H,19,20). The number of aliphatic carboxylic acids is 1. The Kier molecular flexibility index (Phi) is 6.08. The summed E-state index contributed by atoms with van der Waals surface area (Å²) in [6, 6.07) is 0. The minimum absolute atomic E-state index is 0.153. The SMILES string of the molecule is CCc1nc(=O)n(CCNC(C)=O)c(CC)c1CC(=O)O. The van der Waals surface area contributed by atoms with Gasteiger partial charge in [-0.25, -0.2) is 4.79 Å². The molecule has 21 heavy (non-hydrogen) atoms. The van der Waals surface area contributed by atoms with Crippen molar-refractivity contribution in [3.63, 3.8) is 0 Å². The summed E-state index contributed by atoms with van der Waals surface area (Å²) in [5.74, 6) is -1.13. The van der Waals surface area contributed by atoms with Crippen molar-refractivity contribution in [1.82, 2.24) is 14.9 Å². The van der Waals surface area contributed by atoms with E-state index in [0.29, 0.717) is 36.3 Å². The summed E-state index contributed by atoms with van der Waals surface area (Å²) in [6.07, 6.45) is 0.893. The van der Waals surface area contributed by atoms with Gasteiger partial charge >= 0.3 is 11.7 Å². The molecule has 116 valence electrons. The van der Waals surface area contributed by atoms with Gasteiger partial charge in [-0.15, -0.1) is 0 Å². The lowest BCUT2D eigenvalue weighted by molar-refractivity contribution is -0.136. The lowest BCUT2D eigenvalue weighted by atomic mass is 10.0. The van der Waals surface area contributed by atoms with Gasteiger partial charge in [0, 0.05) is 31.3 Å². The number of nitrogens with one attached hydrogen (secondary N) is 1. The average molecular weight is 295 g/mol. The molecule has 0 unspecified atom stereocenters. The number of carboxylic acids is 1. The molecule has 0 atom stereocenters. The molecule has 0 aliphatic carbocycles. The summed E-state index contributed by atoms with van der Waals surface area (Å²) >= 11 is 0. The van der Waals surface area contributed by atoms with E-state index in [1.165, 1.54) is 11.5 Å². The molecule has 0 aliphatic rings. The molecule has 0 radical (unpaired) electrons. The smallest absolute Gasteiger partial charge is 0.348 e. The van der Waals surface area contributed by atoms with Crippen molar-refractivity contribution in [3.8, 4) is 0 Å².